The lowest BCUT2D eigenvalue weighted by Crippen LogP contribution is -2.45. The number of rotatable bonds is 4. The van der Waals surface area contributed by atoms with Crippen LogP contribution in [0, 0.1) is 20.8 Å². The molecular formula is C19H28N4O2. The van der Waals surface area contributed by atoms with Crippen LogP contribution in [0.4, 0.5) is 0 Å². The number of aryl methyl sites for hydroxylation is 2. The van der Waals surface area contributed by atoms with Crippen molar-refractivity contribution in [2.45, 2.75) is 46.6 Å². The van der Waals surface area contributed by atoms with Crippen molar-refractivity contribution < 1.29 is 9.32 Å². The summed E-state index contributed by atoms with van der Waals surface area (Å²) < 4.78 is 7.17. The molecule has 1 aliphatic heterocycles. The van der Waals surface area contributed by atoms with E-state index in [1.807, 2.05) is 49.4 Å². The monoisotopic (exact) mass is 344 g/mol. The fraction of sp³-hybridized carbons (Fsp3) is 0.579. The van der Waals surface area contributed by atoms with E-state index < -0.39 is 0 Å². The van der Waals surface area contributed by atoms with E-state index in [4.69, 9.17) is 4.52 Å². The number of aromatic nitrogens is 2. The van der Waals surface area contributed by atoms with Crippen LogP contribution < -0.4 is 0 Å². The lowest BCUT2D eigenvalue weighted by molar-refractivity contribution is 0.0646. The summed E-state index contributed by atoms with van der Waals surface area (Å²) in [5, 5.41) is 4.09. The van der Waals surface area contributed by atoms with Gasteiger partial charge in [0, 0.05) is 43.6 Å². The van der Waals surface area contributed by atoms with Gasteiger partial charge < -0.3 is 14.3 Å². The Labute approximate surface area is 149 Å². The predicted molar refractivity (Wildman–Crippen MR) is 97.3 cm³/mol. The van der Waals surface area contributed by atoms with E-state index in [0.717, 1.165) is 61.0 Å². The predicted octanol–water partition coefficient (Wildman–Crippen LogP) is 2.95. The molecule has 0 aromatic carbocycles. The summed E-state index contributed by atoms with van der Waals surface area (Å²) in [5.74, 6) is 1.58. The molecule has 0 aliphatic carbocycles. The van der Waals surface area contributed by atoms with Gasteiger partial charge in [-0.2, -0.15) is 0 Å². The first kappa shape index (κ1) is 17.7. The molecule has 1 aliphatic rings. The van der Waals surface area contributed by atoms with Gasteiger partial charge in [-0.3, -0.25) is 9.36 Å². The molecule has 25 heavy (non-hydrogen) atoms. The highest BCUT2D eigenvalue weighted by molar-refractivity contribution is 5.96. The van der Waals surface area contributed by atoms with Gasteiger partial charge in [-0.25, -0.2) is 0 Å². The zero-order chi connectivity index (χ0) is 18.1. The van der Waals surface area contributed by atoms with Crippen LogP contribution >= 0.6 is 0 Å². The minimum atomic E-state index is 0.0921. The molecule has 3 rings (SSSR count). The van der Waals surface area contributed by atoms with Crippen LogP contribution in [0.3, 0.4) is 0 Å². The van der Waals surface area contributed by atoms with Crippen LogP contribution in [0.25, 0.3) is 5.82 Å². The van der Waals surface area contributed by atoms with Gasteiger partial charge in [-0.15, -0.1) is 0 Å². The minimum Gasteiger partial charge on any atom is -0.360 e. The van der Waals surface area contributed by atoms with E-state index >= 15 is 0 Å². The molecule has 1 fully saturated rings. The first-order valence-electron chi connectivity index (χ1n) is 9.04. The van der Waals surface area contributed by atoms with Crippen LogP contribution in [0.15, 0.2) is 16.7 Å². The Kier molecular flexibility index (Phi) is 4.99. The number of carbonyl (C=O) groups excluding carboxylic acids is 1. The van der Waals surface area contributed by atoms with Crippen molar-refractivity contribution in [3.05, 3.63) is 34.8 Å². The number of hydrogen-bond acceptors (Lipinski definition) is 4. The van der Waals surface area contributed by atoms with Gasteiger partial charge in [-0.05, 0) is 46.2 Å². The molecule has 0 unspecified atom stereocenters. The highest BCUT2D eigenvalue weighted by atomic mass is 16.5. The van der Waals surface area contributed by atoms with Gasteiger partial charge in [0.25, 0.3) is 5.91 Å². The third kappa shape index (κ3) is 3.35. The molecule has 0 saturated carbocycles. The highest BCUT2D eigenvalue weighted by Crippen LogP contribution is 2.24. The minimum absolute atomic E-state index is 0.0921. The maximum Gasteiger partial charge on any atom is 0.255 e. The van der Waals surface area contributed by atoms with Crippen LogP contribution in [-0.4, -0.2) is 58.2 Å². The van der Waals surface area contributed by atoms with Crippen LogP contribution in [0.1, 0.15) is 47.3 Å². The number of likely N-dealkylation sites (tertiary alicyclic amines) is 1. The van der Waals surface area contributed by atoms with E-state index in [0.29, 0.717) is 6.04 Å². The molecule has 0 N–H and O–H groups in total. The first-order valence-corrected chi connectivity index (χ1v) is 9.04. The molecular weight excluding hydrogens is 316 g/mol. The first-order chi connectivity index (χ1) is 11.9. The van der Waals surface area contributed by atoms with Crippen molar-refractivity contribution in [1.29, 1.82) is 0 Å². The third-order valence-corrected chi connectivity index (χ3v) is 5.38. The molecule has 0 bridgehead atoms. The van der Waals surface area contributed by atoms with Crippen molar-refractivity contribution in [2.24, 2.45) is 0 Å². The van der Waals surface area contributed by atoms with Crippen molar-refractivity contribution in [3.63, 3.8) is 0 Å². The maximum atomic E-state index is 13.1. The van der Waals surface area contributed by atoms with Gasteiger partial charge in [0.05, 0.1) is 5.56 Å². The molecule has 0 spiro atoms. The number of carbonyl (C=O) groups is 1. The molecule has 136 valence electrons. The van der Waals surface area contributed by atoms with Gasteiger partial charge in [-0.1, -0.05) is 12.1 Å². The Hall–Kier alpha value is -2.08. The zero-order valence-electron chi connectivity index (χ0n) is 15.9. The molecule has 1 amide bonds. The summed E-state index contributed by atoms with van der Waals surface area (Å²) in [4.78, 5) is 17.4. The van der Waals surface area contributed by atoms with E-state index in [2.05, 4.69) is 17.0 Å². The second-order valence-corrected chi connectivity index (χ2v) is 7.00. The zero-order valence-corrected chi connectivity index (χ0v) is 15.9. The largest absolute Gasteiger partial charge is 0.360 e. The molecule has 2 aromatic rings. The molecule has 2 aromatic heterocycles. The van der Waals surface area contributed by atoms with Crippen LogP contribution in [-0.2, 0) is 0 Å². The van der Waals surface area contributed by atoms with E-state index in [1.54, 1.807) is 0 Å². The quantitative estimate of drug-likeness (QED) is 0.856. The maximum absolute atomic E-state index is 13.1. The Balaban J connectivity index is 1.81. The summed E-state index contributed by atoms with van der Waals surface area (Å²) >= 11 is 0. The van der Waals surface area contributed by atoms with Crippen molar-refractivity contribution >= 4 is 5.91 Å². The second kappa shape index (κ2) is 7.04. The topological polar surface area (TPSA) is 54.5 Å². The summed E-state index contributed by atoms with van der Waals surface area (Å²) in [7, 11) is 1.93. The van der Waals surface area contributed by atoms with E-state index in [9.17, 15) is 4.79 Å². The van der Waals surface area contributed by atoms with Gasteiger partial charge in [0.1, 0.15) is 5.76 Å². The van der Waals surface area contributed by atoms with Crippen molar-refractivity contribution in [1.82, 2.24) is 19.5 Å². The summed E-state index contributed by atoms with van der Waals surface area (Å²) in [5.41, 5.74) is 2.65. The second-order valence-electron chi connectivity index (χ2n) is 7.00. The normalized spacial score (nSPS) is 16.4. The average Bonchev–Trinajstić information content (AvgIpc) is 3.16. The Bertz CT molecular complexity index is 754. The lowest BCUT2D eigenvalue weighted by Gasteiger charge is -2.36. The van der Waals surface area contributed by atoms with Crippen LogP contribution in [0.2, 0.25) is 0 Å². The number of hydrogen-bond donors (Lipinski definition) is 0. The number of nitrogens with zero attached hydrogens (tertiary/aromatic N) is 4. The fourth-order valence-corrected chi connectivity index (χ4v) is 3.77. The van der Waals surface area contributed by atoms with Crippen LogP contribution in [0.5, 0.6) is 0 Å². The molecule has 0 radical (unpaired) electrons. The average molecular weight is 344 g/mol. The smallest absolute Gasteiger partial charge is 0.255 e. The van der Waals surface area contributed by atoms with Gasteiger partial charge in [0.15, 0.2) is 5.82 Å². The Morgan fingerprint density at radius 1 is 1.28 bits per heavy atom. The summed E-state index contributed by atoms with van der Waals surface area (Å²) in [6, 6.07) is 4.16. The van der Waals surface area contributed by atoms with Crippen molar-refractivity contribution in [2.75, 3.05) is 26.7 Å². The number of piperidine rings is 1. The van der Waals surface area contributed by atoms with E-state index in [-0.39, 0.29) is 5.91 Å². The van der Waals surface area contributed by atoms with Crippen molar-refractivity contribution in [3.8, 4) is 5.82 Å². The highest BCUT2D eigenvalue weighted by Gasteiger charge is 2.28. The van der Waals surface area contributed by atoms with Gasteiger partial charge >= 0.3 is 0 Å². The Morgan fingerprint density at radius 2 is 1.96 bits per heavy atom. The van der Waals surface area contributed by atoms with Gasteiger partial charge in [0.2, 0.25) is 0 Å². The molecule has 1 saturated heterocycles. The lowest BCUT2D eigenvalue weighted by atomic mass is 10.0. The summed E-state index contributed by atoms with van der Waals surface area (Å²) in [6.45, 7) is 11.2. The standard InChI is InChI=1S/C19H28N4O2/c1-6-22-9-7-16(8-10-22)21(5)19(24)17-11-13(2)23(15(17)4)18-12-14(3)25-20-18/h11-12,16H,6-10H2,1-5H3. The Morgan fingerprint density at radius 3 is 2.52 bits per heavy atom. The third-order valence-electron chi connectivity index (χ3n) is 5.38. The fourth-order valence-electron chi connectivity index (χ4n) is 3.77. The molecule has 6 heteroatoms. The SMILES string of the molecule is CCN1CCC(N(C)C(=O)c2cc(C)n(-c3cc(C)on3)c2C)CC1. The molecule has 3 heterocycles. The van der Waals surface area contributed by atoms with E-state index in [1.165, 1.54) is 0 Å². The number of amides is 1. The summed E-state index contributed by atoms with van der Waals surface area (Å²) in [6.07, 6.45) is 2.08. The molecule has 6 nitrogen and oxygen atoms in total. The molecule has 0 atom stereocenters.